The van der Waals surface area contributed by atoms with Crippen LogP contribution in [0.5, 0.6) is 0 Å². The minimum Gasteiger partial charge on any atom is -0.444 e. The number of amides is 2. The van der Waals surface area contributed by atoms with Crippen LogP contribution in [0, 0.1) is 0 Å². The first-order valence-electron chi connectivity index (χ1n) is 6.75. The van der Waals surface area contributed by atoms with Crippen LogP contribution in [-0.4, -0.2) is 30.2 Å². The molecule has 0 aliphatic rings. The van der Waals surface area contributed by atoms with E-state index in [1.807, 2.05) is 27.7 Å². The maximum Gasteiger partial charge on any atom is 0.407 e. The quantitative estimate of drug-likeness (QED) is 0.747. The Kier molecular flexibility index (Phi) is 6.17. The monoisotopic (exact) mass is 313 g/mol. The van der Waals surface area contributed by atoms with Gasteiger partial charge >= 0.3 is 6.09 Å². The second kappa shape index (κ2) is 7.42. The van der Waals surface area contributed by atoms with Crippen molar-refractivity contribution in [1.82, 2.24) is 10.6 Å². The molecule has 2 amide bonds. The number of carbonyl (C=O) groups excluding carboxylic acids is 2. The third-order valence-electron chi connectivity index (χ3n) is 2.51. The first-order chi connectivity index (χ1) is 9.67. The minimum absolute atomic E-state index is 0.0802. The third-order valence-corrected chi connectivity index (χ3v) is 3.45. The Bertz CT molecular complexity index is 494. The van der Waals surface area contributed by atoms with E-state index >= 15 is 0 Å². The van der Waals surface area contributed by atoms with Gasteiger partial charge in [-0.25, -0.2) is 4.79 Å². The highest BCUT2D eigenvalue weighted by molar-refractivity contribution is 7.10. The molecule has 4 N–H and O–H groups in total. The summed E-state index contributed by atoms with van der Waals surface area (Å²) in [5.74, 6) is -0.419. The van der Waals surface area contributed by atoms with Crippen LogP contribution in [0.4, 0.5) is 4.79 Å². The van der Waals surface area contributed by atoms with Gasteiger partial charge in [-0.3, -0.25) is 4.79 Å². The molecule has 21 heavy (non-hydrogen) atoms. The van der Waals surface area contributed by atoms with Gasteiger partial charge in [-0.15, -0.1) is 11.3 Å². The summed E-state index contributed by atoms with van der Waals surface area (Å²) in [6, 6.07) is 1.85. The van der Waals surface area contributed by atoms with E-state index in [2.05, 4.69) is 10.6 Å². The van der Waals surface area contributed by atoms with E-state index in [4.69, 9.17) is 10.5 Å². The third kappa shape index (κ3) is 7.10. The van der Waals surface area contributed by atoms with E-state index < -0.39 is 17.6 Å². The molecule has 0 aromatic carbocycles. The van der Waals surface area contributed by atoms with Crippen molar-refractivity contribution in [3.8, 4) is 0 Å². The number of hydrogen-bond donors (Lipinski definition) is 3. The number of carbonyl (C=O) groups is 2. The first kappa shape index (κ1) is 17.5. The molecular formula is C14H23N3O3S. The molecule has 1 heterocycles. The Morgan fingerprint density at radius 3 is 2.62 bits per heavy atom. The fourth-order valence-corrected chi connectivity index (χ4v) is 2.32. The van der Waals surface area contributed by atoms with Crippen LogP contribution >= 0.6 is 11.3 Å². The largest absolute Gasteiger partial charge is 0.444 e. The molecule has 0 aliphatic carbocycles. The van der Waals surface area contributed by atoms with Gasteiger partial charge in [0.25, 0.3) is 0 Å². The summed E-state index contributed by atoms with van der Waals surface area (Å²) in [6.07, 6.45) is -0.428. The van der Waals surface area contributed by atoms with Crippen LogP contribution in [0.2, 0.25) is 0 Å². The van der Waals surface area contributed by atoms with E-state index in [9.17, 15) is 9.59 Å². The molecule has 118 valence electrons. The molecule has 1 aromatic heterocycles. The molecule has 1 aromatic rings. The van der Waals surface area contributed by atoms with Crippen LogP contribution in [0.3, 0.4) is 0 Å². The van der Waals surface area contributed by atoms with Crippen LogP contribution in [0.15, 0.2) is 11.4 Å². The van der Waals surface area contributed by atoms with E-state index in [1.54, 1.807) is 11.4 Å². The minimum atomic E-state index is -0.497. The zero-order valence-electron chi connectivity index (χ0n) is 12.9. The molecule has 0 spiro atoms. The van der Waals surface area contributed by atoms with Gasteiger partial charge in [0.1, 0.15) is 5.60 Å². The highest BCUT2D eigenvalue weighted by Gasteiger charge is 2.16. The van der Waals surface area contributed by atoms with Crippen molar-refractivity contribution in [2.45, 2.75) is 45.9 Å². The van der Waals surface area contributed by atoms with Crippen molar-refractivity contribution in [3.63, 3.8) is 0 Å². The van der Waals surface area contributed by atoms with Gasteiger partial charge in [-0.1, -0.05) is 0 Å². The second-order valence-corrected chi connectivity index (χ2v) is 6.83. The maximum atomic E-state index is 11.5. The lowest BCUT2D eigenvalue weighted by Gasteiger charge is -2.21. The number of hydrogen-bond acceptors (Lipinski definition) is 5. The summed E-state index contributed by atoms with van der Waals surface area (Å²) >= 11 is 1.48. The Morgan fingerprint density at radius 1 is 1.43 bits per heavy atom. The normalized spacial score (nSPS) is 12.8. The van der Waals surface area contributed by atoms with Crippen LogP contribution in [0.25, 0.3) is 0 Å². The van der Waals surface area contributed by atoms with Gasteiger partial charge in [0.05, 0.1) is 5.56 Å². The number of primary amides is 1. The summed E-state index contributed by atoms with van der Waals surface area (Å²) in [5, 5.41) is 7.70. The highest BCUT2D eigenvalue weighted by atomic mass is 32.1. The van der Waals surface area contributed by atoms with Gasteiger partial charge in [-0.05, 0) is 33.8 Å². The molecule has 1 atom stereocenters. The lowest BCUT2D eigenvalue weighted by atomic mass is 10.2. The number of nitrogens with one attached hydrogen (secondary N) is 2. The van der Waals surface area contributed by atoms with Gasteiger partial charge in [0, 0.05) is 29.4 Å². The Hall–Kier alpha value is -1.60. The zero-order valence-corrected chi connectivity index (χ0v) is 13.7. The summed E-state index contributed by atoms with van der Waals surface area (Å²) < 4.78 is 5.15. The van der Waals surface area contributed by atoms with Gasteiger partial charge in [-0.2, -0.15) is 0 Å². The fourth-order valence-electron chi connectivity index (χ4n) is 1.50. The molecular weight excluding hydrogens is 290 g/mol. The van der Waals surface area contributed by atoms with E-state index in [-0.39, 0.29) is 6.04 Å². The predicted octanol–water partition coefficient (Wildman–Crippen LogP) is 1.85. The smallest absolute Gasteiger partial charge is 0.407 e. The van der Waals surface area contributed by atoms with Gasteiger partial charge < -0.3 is 21.1 Å². The van der Waals surface area contributed by atoms with Crippen molar-refractivity contribution in [2.24, 2.45) is 5.73 Å². The molecule has 1 unspecified atom stereocenters. The summed E-state index contributed by atoms with van der Waals surface area (Å²) in [6.45, 7) is 8.50. The van der Waals surface area contributed by atoms with E-state index in [0.717, 1.165) is 4.88 Å². The predicted molar refractivity (Wildman–Crippen MR) is 83.4 cm³/mol. The zero-order chi connectivity index (χ0) is 16.0. The Morgan fingerprint density at radius 2 is 2.10 bits per heavy atom. The molecule has 0 aliphatic heterocycles. The number of alkyl carbamates (subject to hydrolysis) is 1. The molecule has 1 rings (SSSR count). The van der Waals surface area contributed by atoms with Crippen molar-refractivity contribution in [2.75, 3.05) is 6.54 Å². The van der Waals surface area contributed by atoms with Gasteiger partial charge in [0.2, 0.25) is 5.91 Å². The SMILES string of the molecule is CC(CNC(=O)OC(C)(C)C)NCc1cc(C(N)=O)cs1. The second-order valence-electron chi connectivity index (χ2n) is 5.83. The van der Waals surface area contributed by atoms with Crippen LogP contribution < -0.4 is 16.4 Å². The Labute approximate surface area is 129 Å². The fraction of sp³-hybridized carbons (Fsp3) is 0.571. The van der Waals surface area contributed by atoms with Crippen molar-refractivity contribution in [1.29, 1.82) is 0 Å². The van der Waals surface area contributed by atoms with E-state index in [1.165, 1.54) is 11.3 Å². The molecule has 0 bridgehead atoms. The van der Waals surface area contributed by atoms with Crippen molar-refractivity contribution < 1.29 is 14.3 Å². The topological polar surface area (TPSA) is 93.4 Å². The molecule has 6 nitrogen and oxygen atoms in total. The molecule has 7 heteroatoms. The van der Waals surface area contributed by atoms with Crippen molar-refractivity contribution in [3.05, 3.63) is 21.9 Å². The molecule has 0 radical (unpaired) electrons. The number of nitrogens with two attached hydrogens (primary N) is 1. The molecule has 0 saturated heterocycles. The summed E-state index contributed by atoms with van der Waals surface area (Å²) in [7, 11) is 0. The summed E-state index contributed by atoms with van der Waals surface area (Å²) in [5.41, 5.74) is 5.23. The average Bonchev–Trinajstić information content (AvgIpc) is 2.80. The number of thiophene rings is 1. The van der Waals surface area contributed by atoms with Crippen molar-refractivity contribution >= 4 is 23.3 Å². The summed E-state index contributed by atoms with van der Waals surface area (Å²) in [4.78, 5) is 23.5. The molecule has 0 fully saturated rings. The lowest BCUT2D eigenvalue weighted by Crippen LogP contribution is -2.40. The first-order valence-corrected chi connectivity index (χ1v) is 7.63. The average molecular weight is 313 g/mol. The van der Waals surface area contributed by atoms with Crippen LogP contribution in [0.1, 0.15) is 42.9 Å². The Balaban J connectivity index is 2.29. The standard InChI is InChI=1S/C14H23N3O3S/c1-9(6-17-13(19)20-14(2,3)4)16-7-11-5-10(8-21-11)12(15)18/h5,8-9,16H,6-7H2,1-4H3,(H2,15,18)(H,17,19). The van der Waals surface area contributed by atoms with Crippen LogP contribution in [-0.2, 0) is 11.3 Å². The number of rotatable bonds is 6. The van der Waals surface area contributed by atoms with Gasteiger partial charge in [0.15, 0.2) is 0 Å². The molecule has 0 saturated carbocycles. The number of ether oxygens (including phenoxy) is 1. The lowest BCUT2D eigenvalue weighted by molar-refractivity contribution is 0.0523. The maximum absolute atomic E-state index is 11.5. The highest BCUT2D eigenvalue weighted by Crippen LogP contribution is 2.14. The van der Waals surface area contributed by atoms with E-state index in [0.29, 0.717) is 18.7 Å².